The maximum absolute atomic E-state index is 12.3. The van der Waals surface area contributed by atoms with Gasteiger partial charge in [-0.05, 0) is 39.0 Å². The van der Waals surface area contributed by atoms with Crippen LogP contribution in [0.25, 0.3) is 6.08 Å². The summed E-state index contributed by atoms with van der Waals surface area (Å²) in [6.45, 7) is 8.98. The average molecular weight is 349 g/mol. The summed E-state index contributed by atoms with van der Waals surface area (Å²) in [5.41, 5.74) is -0.235. The largest absolute Gasteiger partial charge is 0.507 e. The van der Waals surface area contributed by atoms with Crippen LogP contribution in [0.3, 0.4) is 0 Å². The van der Waals surface area contributed by atoms with Gasteiger partial charge in [0.05, 0.1) is 0 Å². The number of nitrogens with zero attached hydrogens (tertiary/aromatic N) is 1. The molecule has 1 saturated heterocycles. The number of ether oxygens (including phenoxy) is 2. The lowest BCUT2D eigenvalue weighted by molar-refractivity contribution is -0.144. The number of carboxylic acid groups (broad SMARTS) is 1. The molecule has 0 aliphatic carbocycles. The monoisotopic (exact) mass is 349 g/mol. The van der Waals surface area contributed by atoms with Crippen LogP contribution in [-0.2, 0) is 9.53 Å². The number of hydrogen-bond acceptors (Lipinski definition) is 5. The summed E-state index contributed by atoms with van der Waals surface area (Å²) in [6, 6.07) is 3.41. The summed E-state index contributed by atoms with van der Waals surface area (Å²) < 4.78 is 11.0. The first-order chi connectivity index (χ1) is 11.6. The number of benzene rings is 1. The lowest BCUT2D eigenvalue weighted by Crippen LogP contribution is -2.48. The topological polar surface area (TPSA) is 96.3 Å². The van der Waals surface area contributed by atoms with Gasteiger partial charge in [0, 0.05) is 18.5 Å². The van der Waals surface area contributed by atoms with Crippen LogP contribution in [0.4, 0.5) is 4.79 Å². The molecule has 1 aromatic rings. The Kier molecular flexibility index (Phi) is 5.25. The number of carboxylic acids is 1. The molecule has 0 radical (unpaired) electrons. The molecule has 7 nitrogen and oxygen atoms in total. The van der Waals surface area contributed by atoms with Gasteiger partial charge in [-0.3, -0.25) is 4.90 Å². The van der Waals surface area contributed by atoms with Gasteiger partial charge in [0.15, 0.2) is 6.04 Å². The fourth-order valence-corrected chi connectivity index (χ4v) is 2.65. The molecule has 2 atom stereocenters. The predicted molar refractivity (Wildman–Crippen MR) is 91.6 cm³/mol. The SMILES string of the molecule is C=Cc1cc(O[C@H]2CCN(C(=O)OC(C)(C)C)[C@@H]2C(=O)O)ccc1O. The highest BCUT2D eigenvalue weighted by atomic mass is 16.6. The van der Waals surface area contributed by atoms with Crippen molar-refractivity contribution in [3.63, 3.8) is 0 Å². The molecule has 2 rings (SSSR count). The fourth-order valence-electron chi connectivity index (χ4n) is 2.65. The van der Waals surface area contributed by atoms with Crippen LogP contribution in [0.2, 0.25) is 0 Å². The average Bonchev–Trinajstić information content (AvgIpc) is 2.91. The molecule has 0 bridgehead atoms. The smallest absolute Gasteiger partial charge is 0.411 e. The Balaban J connectivity index is 2.17. The minimum atomic E-state index is -1.16. The van der Waals surface area contributed by atoms with Crippen molar-refractivity contribution in [3.05, 3.63) is 30.3 Å². The van der Waals surface area contributed by atoms with E-state index in [0.29, 0.717) is 17.7 Å². The molecular weight excluding hydrogens is 326 g/mol. The van der Waals surface area contributed by atoms with Crippen LogP contribution in [0.1, 0.15) is 32.8 Å². The minimum Gasteiger partial charge on any atom is -0.507 e. The summed E-state index contributed by atoms with van der Waals surface area (Å²) in [4.78, 5) is 25.1. The zero-order valence-electron chi connectivity index (χ0n) is 14.6. The summed E-state index contributed by atoms with van der Waals surface area (Å²) in [7, 11) is 0. The maximum Gasteiger partial charge on any atom is 0.411 e. The Morgan fingerprint density at radius 3 is 2.60 bits per heavy atom. The number of aromatic hydroxyl groups is 1. The molecule has 136 valence electrons. The molecule has 1 aliphatic rings. The second-order valence-corrected chi connectivity index (χ2v) is 6.83. The summed E-state index contributed by atoms with van der Waals surface area (Å²) >= 11 is 0. The summed E-state index contributed by atoms with van der Waals surface area (Å²) in [6.07, 6.45) is 0.440. The molecule has 1 aliphatic heterocycles. The first-order valence-electron chi connectivity index (χ1n) is 7.97. The number of phenols is 1. The third-order valence-electron chi connectivity index (χ3n) is 3.73. The highest BCUT2D eigenvalue weighted by Crippen LogP contribution is 2.29. The normalized spacial score (nSPS) is 20.2. The Morgan fingerprint density at radius 2 is 2.04 bits per heavy atom. The number of carbonyl (C=O) groups excluding carboxylic acids is 1. The first-order valence-corrected chi connectivity index (χ1v) is 7.97. The number of amides is 1. The molecule has 7 heteroatoms. The van der Waals surface area contributed by atoms with Gasteiger partial charge in [0.1, 0.15) is 23.2 Å². The van der Waals surface area contributed by atoms with Gasteiger partial charge in [-0.2, -0.15) is 0 Å². The number of rotatable bonds is 4. The number of aliphatic carboxylic acids is 1. The van der Waals surface area contributed by atoms with Crippen molar-refractivity contribution < 1.29 is 29.3 Å². The molecule has 1 fully saturated rings. The van der Waals surface area contributed by atoms with Crippen LogP contribution in [0.15, 0.2) is 24.8 Å². The predicted octanol–water partition coefficient (Wildman–Crippen LogP) is 2.88. The Bertz CT molecular complexity index is 679. The van der Waals surface area contributed by atoms with E-state index in [2.05, 4.69) is 6.58 Å². The van der Waals surface area contributed by atoms with Gasteiger partial charge >= 0.3 is 12.1 Å². The van der Waals surface area contributed by atoms with E-state index >= 15 is 0 Å². The van der Waals surface area contributed by atoms with E-state index in [-0.39, 0.29) is 12.3 Å². The van der Waals surface area contributed by atoms with Crippen LogP contribution in [0, 0.1) is 0 Å². The number of phenolic OH excluding ortho intramolecular Hbond substituents is 1. The van der Waals surface area contributed by atoms with Gasteiger partial charge in [0.2, 0.25) is 0 Å². The van der Waals surface area contributed by atoms with E-state index in [4.69, 9.17) is 9.47 Å². The van der Waals surface area contributed by atoms with Crippen molar-refractivity contribution in [1.29, 1.82) is 0 Å². The first kappa shape index (κ1) is 18.6. The lowest BCUT2D eigenvalue weighted by Gasteiger charge is -2.28. The van der Waals surface area contributed by atoms with Crippen LogP contribution >= 0.6 is 0 Å². The Morgan fingerprint density at radius 1 is 1.36 bits per heavy atom. The second-order valence-electron chi connectivity index (χ2n) is 6.83. The standard InChI is InChI=1S/C18H23NO6/c1-5-11-10-12(6-7-13(11)20)24-14-8-9-19(15(14)16(21)22)17(23)25-18(2,3)4/h5-7,10,14-15,20H,1,8-9H2,2-4H3,(H,21,22)/t14-,15-/m0/s1. The van der Waals surface area contributed by atoms with Crippen molar-refractivity contribution in [2.45, 2.75) is 44.9 Å². The Labute approximate surface area is 146 Å². The third kappa shape index (κ3) is 4.43. The van der Waals surface area contributed by atoms with E-state index in [1.807, 2.05) is 0 Å². The van der Waals surface area contributed by atoms with Crippen molar-refractivity contribution in [2.24, 2.45) is 0 Å². The summed E-state index contributed by atoms with van der Waals surface area (Å²) in [5, 5.41) is 19.2. The van der Waals surface area contributed by atoms with Crippen LogP contribution in [0.5, 0.6) is 11.5 Å². The zero-order valence-corrected chi connectivity index (χ0v) is 14.6. The number of hydrogen-bond donors (Lipinski definition) is 2. The molecule has 0 aromatic heterocycles. The third-order valence-corrected chi connectivity index (χ3v) is 3.73. The quantitative estimate of drug-likeness (QED) is 0.868. The van der Waals surface area contributed by atoms with Crippen molar-refractivity contribution in [3.8, 4) is 11.5 Å². The van der Waals surface area contributed by atoms with Gasteiger partial charge in [0.25, 0.3) is 0 Å². The Hall–Kier alpha value is -2.70. The van der Waals surface area contributed by atoms with E-state index < -0.39 is 29.8 Å². The molecule has 0 unspecified atom stereocenters. The van der Waals surface area contributed by atoms with Crippen LogP contribution in [-0.4, -0.2) is 51.5 Å². The fraction of sp³-hybridized carbons (Fsp3) is 0.444. The number of carbonyl (C=O) groups is 2. The van der Waals surface area contributed by atoms with E-state index in [0.717, 1.165) is 0 Å². The molecule has 2 N–H and O–H groups in total. The minimum absolute atomic E-state index is 0.0546. The molecule has 0 spiro atoms. The highest BCUT2D eigenvalue weighted by molar-refractivity contribution is 5.81. The number of likely N-dealkylation sites (tertiary alicyclic amines) is 1. The molecule has 25 heavy (non-hydrogen) atoms. The highest BCUT2D eigenvalue weighted by Gasteiger charge is 2.45. The molecule has 1 heterocycles. The van der Waals surface area contributed by atoms with Crippen LogP contribution < -0.4 is 4.74 Å². The van der Waals surface area contributed by atoms with Gasteiger partial charge in [-0.1, -0.05) is 12.7 Å². The van der Waals surface area contributed by atoms with Crippen molar-refractivity contribution in [2.75, 3.05) is 6.54 Å². The van der Waals surface area contributed by atoms with Crippen molar-refractivity contribution >= 4 is 18.1 Å². The van der Waals surface area contributed by atoms with Gasteiger partial charge < -0.3 is 19.7 Å². The van der Waals surface area contributed by atoms with Crippen molar-refractivity contribution in [1.82, 2.24) is 4.90 Å². The molecule has 1 amide bonds. The van der Waals surface area contributed by atoms with Gasteiger partial charge in [-0.15, -0.1) is 0 Å². The second kappa shape index (κ2) is 7.04. The maximum atomic E-state index is 12.3. The summed E-state index contributed by atoms with van der Waals surface area (Å²) in [5.74, 6) is -0.704. The van der Waals surface area contributed by atoms with Gasteiger partial charge in [-0.25, -0.2) is 9.59 Å². The lowest BCUT2D eigenvalue weighted by atomic mass is 10.1. The zero-order chi connectivity index (χ0) is 18.8. The van der Waals surface area contributed by atoms with E-state index in [9.17, 15) is 19.8 Å². The molecule has 1 aromatic carbocycles. The van der Waals surface area contributed by atoms with E-state index in [1.165, 1.54) is 23.1 Å². The molecular formula is C18H23NO6. The molecule has 0 saturated carbocycles. The van der Waals surface area contributed by atoms with E-state index in [1.54, 1.807) is 26.8 Å².